The van der Waals surface area contributed by atoms with Gasteiger partial charge in [0, 0.05) is 13.0 Å². The quantitative estimate of drug-likeness (QED) is 0.816. The fourth-order valence-corrected chi connectivity index (χ4v) is 2.59. The number of benzene rings is 1. The standard InChI is InChI=1S/C15H27NO2Si/c1-15(2,3)19(4,5)18-14-9-7-6-8-12(14)10-13(17)11-16/h6-9,13,17H,10-11,16H2,1-5H3. The number of para-hydroxylation sites is 1. The van der Waals surface area contributed by atoms with Gasteiger partial charge in [-0.25, -0.2) is 0 Å². The number of hydrogen-bond acceptors (Lipinski definition) is 3. The second kappa shape index (κ2) is 6.07. The molecule has 4 heteroatoms. The van der Waals surface area contributed by atoms with Crippen LogP contribution in [0.2, 0.25) is 18.1 Å². The SMILES string of the molecule is CC(C)(C)[Si](C)(C)Oc1ccccc1CC(O)CN. The molecule has 0 spiro atoms. The van der Waals surface area contributed by atoms with E-state index in [4.69, 9.17) is 10.2 Å². The fraction of sp³-hybridized carbons (Fsp3) is 0.600. The third-order valence-corrected chi connectivity index (χ3v) is 8.21. The molecule has 1 aromatic rings. The Kier molecular flexibility index (Phi) is 5.18. The molecule has 0 heterocycles. The van der Waals surface area contributed by atoms with Crippen LogP contribution >= 0.6 is 0 Å². The van der Waals surface area contributed by atoms with Crippen LogP contribution in [0.3, 0.4) is 0 Å². The van der Waals surface area contributed by atoms with Crippen LogP contribution in [0.1, 0.15) is 26.3 Å². The molecule has 3 N–H and O–H groups in total. The van der Waals surface area contributed by atoms with Crippen molar-refractivity contribution >= 4 is 8.32 Å². The predicted octanol–water partition coefficient (Wildman–Crippen LogP) is 2.93. The molecule has 1 aromatic carbocycles. The molecular formula is C15H27NO2Si. The van der Waals surface area contributed by atoms with Crippen molar-refractivity contribution in [3.8, 4) is 5.75 Å². The van der Waals surface area contributed by atoms with E-state index in [1.165, 1.54) is 0 Å². The third kappa shape index (κ3) is 4.33. The average Bonchev–Trinajstić information content (AvgIpc) is 2.29. The van der Waals surface area contributed by atoms with Crippen LogP contribution in [0.25, 0.3) is 0 Å². The molecule has 0 aromatic heterocycles. The van der Waals surface area contributed by atoms with Gasteiger partial charge in [-0.2, -0.15) is 0 Å². The van der Waals surface area contributed by atoms with E-state index in [0.717, 1.165) is 11.3 Å². The lowest BCUT2D eigenvalue weighted by atomic mass is 10.1. The highest BCUT2D eigenvalue weighted by Crippen LogP contribution is 2.38. The van der Waals surface area contributed by atoms with Crippen LogP contribution in [0.15, 0.2) is 24.3 Å². The maximum atomic E-state index is 9.72. The van der Waals surface area contributed by atoms with E-state index in [-0.39, 0.29) is 11.6 Å². The first-order chi connectivity index (χ1) is 8.67. The van der Waals surface area contributed by atoms with Crippen LogP contribution in [0.5, 0.6) is 5.75 Å². The summed E-state index contributed by atoms with van der Waals surface area (Å²) in [6.07, 6.45) is 0.0329. The first-order valence-electron chi connectivity index (χ1n) is 6.82. The van der Waals surface area contributed by atoms with Crippen molar-refractivity contribution in [3.63, 3.8) is 0 Å². The van der Waals surface area contributed by atoms with Crippen LogP contribution < -0.4 is 10.2 Å². The molecule has 1 rings (SSSR count). The van der Waals surface area contributed by atoms with Crippen LogP contribution in [0.4, 0.5) is 0 Å². The van der Waals surface area contributed by atoms with Gasteiger partial charge in [-0.15, -0.1) is 0 Å². The molecule has 0 saturated carbocycles. The predicted molar refractivity (Wildman–Crippen MR) is 83.0 cm³/mol. The molecule has 1 atom stereocenters. The van der Waals surface area contributed by atoms with Crippen molar-refractivity contribution in [2.24, 2.45) is 5.73 Å². The van der Waals surface area contributed by atoms with Gasteiger partial charge < -0.3 is 15.3 Å². The van der Waals surface area contributed by atoms with Gasteiger partial charge in [-0.3, -0.25) is 0 Å². The summed E-state index contributed by atoms with van der Waals surface area (Å²) >= 11 is 0. The molecule has 108 valence electrons. The van der Waals surface area contributed by atoms with Gasteiger partial charge in [0.25, 0.3) is 0 Å². The fourth-order valence-electron chi connectivity index (χ4n) is 1.54. The first kappa shape index (κ1) is 16.2. The lowest BCUT2D eigenvalue weighted by Crippen LogP contribution is -2.44. The molecule has 0 saturated heterocycles. The minimum absolute atomic E-state index is 0.159. The largest absolute Gasteiger partial charge is 0.543 e. The lowest BCUT2D eigenvalue weighted by molar-refractivity contribution is 0.182. The van der Waals surface area contributed by atoms with Gasteiger partial charge >= 0.3 is 0 Å². The van der Waals surface area contributed by atoms with Crippen LogP contribution in [-0.4, -0.2) is 26.1 Å². The first-order valence-corrected chi connectivity index (χ1v) is 9.73. The highest BCUT2D eigenvalue weighted by molar-refractivity contribution is 6.74. The molecule has 19 heavy (non-hydrogen) atoms. The Labute approximate surface area is 117 Å². The Morgan fingerprint density at radius 3 is 2.37 bits per heavy atom. The minimum Gasteiger partial charge on any atom is -0.543 e. The van der Waals surface area contributed by atoms with Crippen molar-refractivity contribution in [1.82, 2.24) is 0 Å². The topological polar surface area (TPSA) is 55.5 Å². The van der Waals surface area contributed by atoms with E-state index in [1.807, 2.05) is 24.3 Å². The number of rotatable bonds is 5. The Bertz CT molecular complexity index is 413. The van der Waals surface area contributed by atoms with Crippen molar-refractivity contribution in [2.75, 3.05) is 6.54 Å². The number of nitrogens with two attached hydrogens (primary N) is 1. The monoisotopic (exact) mass is 281 g/mol. The summed E-state index contributed by atoms with van der Waals surface area (Å²) in [6, 6.07) is 7.93. The number of aliphatic hydroxyl groups is 1. The summed E-state index contributed by atoms with van der Waals surface area (Å²) in [6.45, 7) is 11.4. The van der Waals surface area contributed by atoms with Gasteiger partial charge in [-0.05, 0) is 29.8 Å². The van der Waals surface area contributed by atoms with E-state index in [0.29, 0.717) is 6.42 Å². The zero-order chi connectivity index (χ0) is 14.7. The molecule has 0 aliphatic carbocycles. The van der Waals surface area contributed by atoms with Gasteiger partial charge in [0.2, 0.25) is 8.32 Å². The van der Waals surface area contributed by atoms with Gasteiger partial charge in [-0.1, -0.05) is 39.0 Å². The molecule has 0 radical (unpaired) electrons. The van der Waals surface area contributed by atoms with E-state index >= 15 is 0 Å². The second-order valence-electron chi connectivity index (χ2n) is 6.56. The molecule has 0 bridgehead atoms. The van der Waals surface area contributed by atoms with E-state index in [1.54, 1.807) is 0 Å². The second-order valence-corrected chi connectivity index (χ2v) is 11.3. The van der Waals surface area contributed by atoms with Crippen molar-refractivity contribution < 1.29 is 9.53 Å². The molecule has 1 unspecified atom stereocenters. The summed E-state index contributed by atoms with van der Waals surface area (Å²) in [7, 11) is -1.85. The minimum atomic E-state index is -1.85. The smallest absolute Gasteiger partial charge is 0.250 e. The van der Waals surface area contributed by atoms with Crippen molar-refractivity contribution in [3.05, 3.63) is 29.8 Å². The zero-order valence-electron chi connectivity index (χ0n) is 12.7. The Balaban J connectivity index is 2.95. The number of hydrogen-bond donors (Lipinski definition) is 2. The maximum Gasteiger partial charge on any atom is 0.250 e. The molecule has 0 aliphatic heterocycles. The summed E-state index contributed by atoms with van der Waals surface area (Å²) in [5.41, 5.74) is 6.52. The molecule has 0 amide bonds. The summed E-state index contributed by atoms with van der Waals surface area (Å²) in [4.78, 5) is 0. The summed E-state index contributed by atoms with van der Waals surface area (Å²) in [5, 5.41) is 9.88. The maximum absolute atomic E-state index is 9.72. The normalized spacial score (nSPS) is 14.3. The van der Waals surface area contributed by atoms with Gasteiger partial charge in [0.15, 0.2) is 0 Å². The number of aliphatic hydroxyl groups excluding tert-OH is 1. The highest BCUT2D eigenvalue weighted by Gasteiger charge is 2.39. The molecule has 0 fully saturated rings. The van der Waals surface area contributed by atoms with Crippen LogP contribution in [0, 0.1) is 0 Å². The highest BCUT2D eigenvalue weighted by atomic mass is 28.4. The van der Waals surface area contributed by atoms with E-state index in [2.05, 4.69) is 33.9 Å². The van der Waals surface area contributed by atoms with E-state index < -0.39 is 14.4 Å². The Morgan fingerprint density at radius 1 is 1.26 bits per heavy atom. The molecule has 0 aliphatic rings. The Hall–Kier alpha value is -0.843. The molecule has 3 nitrogen and oxygen atoms in total. The Morgan fingerprint density at radius 2 is 1.84 bits per heavy atom. The van der Waals surface area contributed by atoms with E-state index in [9.17, 15) is 5.11 Å². The van der Waals surface area contributed by atoms with Crippen LogP contribution in [-0.2, 0) is 6.42 Å². The van der Waals surface area contributed by atoms with Gasteiger partial charge in [0.05, 0.1) is 6.10 Å². The summed E-state index contributed by atoms with van der Waals surface area (Å²) < 4.78 is 6.33. The van der Waals surface area contributed by atoms with Crippen molar-refractivity contribution in [2.45, 2.75) is 51.4 Å². The third-order valence-electron chi connectivity index (χ3n) is 3.87. The zero-order valence-corrected chi connectivity index (χ0v) is 13.7. The summed E-state index contributed by atoms with van der Waals surface area (Å²) in [5.74, 6) is 0.890. The molecular weight excluding hydrogens is 254 g/mol. The average molecular weight is 281 g/mol. The van der Waals surface area contributed by atoms with Crippen molar-refractivity contribution in [1.29, 1.82) is 0 Å². The lowest BCUT2D eigenvalue weighted by Gasteiger charge is -2.37. The van der Waals surface area contributed by atoms with Gasteiger partial charge in [0.1, 0.15) is 5.75 Å².